The van der Waals surface area contributed by atoms with E-state index in [-0.39, 0.29) is 62.0 Å². The third-order valence-electron chi connectivity index (χ3n) is 13.6. The minimum atomic E-state index is -2.56. The number of nitrogens with zero attached hydrogens (tertiary/aromatic N) is 1. The standard InChI is InChI=1S/C47H75FN2O10/c1-11-34-23-29(5)41(48)30(6)24-39(56-9)43-40(57-10)25-32(8)47(55,60-43)44(52)45(53)50-20-13-12-14-36(50)46(54)59-42(28(4)15-18-37(34)51)31(7)22-33-16-17-35(49)38(26-33)58-21-19-27(2)3/h19,22-23,28,30,32-36,38-43,55H,11-18,20-21,24-26,49H2,1-10H3/b29-23+,31-22?. The molecule has 14 unspecified atom stereocenters. The molecule has 3 heterocycles. The summed E-state index contributed by atoms with van der Waals surface area (Å²) in [6.07, 6.45) is 6.19. The van der Waals surface area contributed by atoms with Crippen LogP contribution < -0.4 is 5.73 Å². The van der Waals surface area contributed by atoms with Gasteiger partial charge in [0.15, 0.2) is 0 Å². The van der Waals surface area contributed by atoms with Gasteiger partial charge in [-0.25, -0.2) is 9.18 Å². The van der Waals surface area contributed by atoms with E-state index in [1.165, 1.54) is 19.1 Å². The third-order valence-corrected chi connectivity index (χ3v) is 13.6. The highest BCUT2D eigenvalue weighted by atomic mass is 19.1. The Morgan fingerprint density at radius 3 is 2.30 bits per heavy atom. The summed E-state index contributed by atoms with van der Waals surface area (Å²) >= 11 is 0. The molecule has 1 amide bonds. The lowest BCUT2D eigenvalue weighted by Gasteiger charge is -2.47. The van der Waals surface area contributed by atoms with Gasteiger partial charge in [0.1, 0.15) is 30.2 Å². The smallest absolute Gasteiger partial charge is 0.329 e. The predicted octanol–water partition coefficient (Wildman–Crippen LogP) is 6.75. The molecule has 4 aliphatic rings. The minimum absolute atomic E-state index is 0.0249. The van der Waals surface area contributed by atoms with Crippen molar-refractivity contribution in [3.63, 3.8) is 0 Å². The van der Waals surface area contributed by atoms with Crippen molar-refractivity contribution in [3.05, 3.63) is 34.9 Å². The number of halogens is 1. The van der Waals surface area contributed by atoms with Crippen molar-refractivity contribution in [3.8, 4) is 0 Å². The fourth-order valence-electron chi connectivity index (χ4n) is 9.61. The van der Waals surface area contributed by atoms with Crippen LogP contribution in [0.4, 0.5) is 4.39 Å². The molecule has 0 spiro atoms. The van der Waals surface area contributed by atoms with Crippen LogP contribution in [0.15, 0.2) is 34.9 Å². The normalized spacial score (nSPS) is 39.5. The Morgan fingerprint density at radius 1 is 0.967 bits per heavy atom. The number of aliphatic hydroxyl groups is 1. The number of esters is 1. The van der Waals surface area contributed by atoms with Gasteiger partial charge in [-0.15, -0.1) is 0 Å². The zero-order valence-electron chi connectivity index (χ0n) is 38.0. The number of methoxy groups -OCH3 is 2. The molecule has 3 N–H and O–H groups in total. The van der Waals surface area contributed by atoms with E-state index in [0.29, 0.717) is 44.3 Å². The number of piperidine rings is 1. The second-order valence-corrected chi connectivity index (χ2v) is 18.5. The molecule has 3 fully saturated rings. The molecule has 12 nitrogen and oxygen atoms in total. The number of fused-ring (bicyclic) bond motifs is 3. The van der Waals surface area contributed by atoms with Gasteiger partial charge in [0.25, 0.3) is 11.7 Å². The van der Waals surface area contributed by atoms with Crippen LogP contribution in [0.1, 0.15) is 126 Å². The van der Waals surface area contributed by atoms with E-state index < -0.39 is 77.8 Å². The molecule has 14 atom stereocenters. The van der Waals surface area contributed by atoms with Gasteiger partial charge in [-0.2, -0.15) is 0 Å². The number of nitrogens with two attached hydrogens (primary N) is 1. The summed E-state index contributed by atoms with van der Waals surface area (Å²) in [5.74, 6) is -7.65. The number of cyclic esters (lactones) is 1. The van der Waals surface area contributed by atoms with Crippen molar-refractivity contribution >= 4 is 23.4 Å². The molecule has 4 rings (SSSR count). The largest absolute Gasteiger partial charge is 0.456 e. The molecule has 13 heteroatoms. The van der Waals surface area contributed by atoms with Crippen LogP contribution >= 0.6 is 0 Å². The quantitative estimate of drug-likeness (QED) is 0.151. The Kier molecular flexibility index (Phi) is 18.7. The van der Waals surface area contributed by atoms with E-state index in [1.54, 1.807) is 26.8 Å². The number of hydrogen-bond acceptors (Lipinski definition) is 11. The lowest BCUT2D eigenvalue weighted by Crippen LogP contribution is -2.64. The van der Waals surface area contributed by atoms with E-state index in [2.05, 4.69) is 6.08 Å². The second-order valence-electron chi connectivity index (χ2n) is 18.5. The monoisotopic (exact) mass is 847 g/mol. The second kappa shape index (κ2) is 22.5. The molecule has 1 saturated carbocycles. The Morgan fingerprint density at radius 2 is 1.65 bits per heavy atom. The highest BCUT2D eigenvalue weighted by Crippen LogP contribution is 2.39. The minimum Gasteiger partial charge on any atom is -0.456 e. The molecule has 2 saturated heterocycles. The molecule has 0 aromatic carbocycles. The van der Waals surface area contributed by atoms with Crippen LogP contribution in [-0.2, 0) is 42.9 Å². The third kappa shape index (κ3) is 12.2. The number of carbonyl (C=O) groups is 4. The first kappa shape index (κ1) is 49.8. The predicted molar refractivity (Wildman–Crippen MR) is 227 cm³/mol. The van der Waals surface area contributed by atoms with E-state index >= 15 is 4.39 Å². The number of alkyl halides is 1. The number of ketones is 2. The van der Waals surface area contributed by atoms with Crippen molar-refractivity contribution in [1.29, 1.82) is 0 Å². The number of ether oxygens (including phenoxy) is 5. The highest BCUT2D eigenvalue weighted by Gasteiger charge is 2.56. The molecule has 0 aromatic heterocycles. The number of amides is 1. The average molecular weight is 847 g/mol. The summed E-state index contributed by atoms with van der Waals surface area (Å²) in [5, 5.41) is 12.0. The van der Waals surface area contributed by atoms with Gasteiger partial charge < -0.3 is 39.4 Å². The highest BCUT2D eigenvalue weighted by molar-refractivity contribution is 6.39. The van der Waals surface area contributed by atoms with Crippen molar-refractivity contribution in [2.24, 2.45) is 35.3 Å². The maximum atomic E-state index is 16.2. The fraction of sp³-hybridized carbons (Fsp3) is 0.787. The number of allylic oxidation sites excluding steroid dienone is 4. The first-order chi connectivity index (χ1) is 28.4. The number of hydrogen-bond donors (Lipinski definition) is 2. The molecule has 2 bridgehead atoms. The molecular formula is C47H75FN2O10. The van der Waals surface area contributed by atoms with E-state index in [0.717, 1.165) is 24.0 Å². The summed E-state index contributed by atoms with van der Waals surface area (Å²) in [6, 6.07) is -1.17. The molecule has 3 aliphatic heterocycles. The van der Waals surface area contributed by atoms with E-state index in [4.69, 9.17) is 29.4 Å². The Hall–Kier alpha value is -2.81. The summed E-state index contributed by atoms with van der Waals surface area (Å²) in [5.41, 5.74) is 8.89. The van der Waals surface area contributed by atoms with Crippen LogP contribution in [-0.4, -0.2) is 115 Å². The van der Waals surface area contributed by atoms with Crippen LogP contribution in [0.2, 0.25) is 0 Å². The molecular weight excluding hydrogens is 772 g/mol. The molecule has 0 aromatic rings. The van der Waals surface area contributed by atoms with Crippen molar-refractivity contribution in [1.82, 2.24) is 4.90 Å². The topological polar surface area (TPSA) is 164 Å². The number of rotatable bonds is 8. The summed E-state index contributed by atoms with van der Waals surface area (Å²) in [7, 11) is 2.93. The van der Waals surface area contributed by atoms with Gasteiger partial charge >= 0.3 is 5.97 Å². The average Bonchev–Trinajstić information content (AvgIpc) is 3.23. The molecule has 60 heavy (non-hydrogen) atoms. The van der Waals surface area contributed by atoms with Gasteiger partial charge in [-0.05, 0) is 121 Å². The van der Waals surface area contributed by atoms with Crippen LogP contribution in [0.25, 0.3) is 0 Å². The van der Waals surface area contributed by atoms with E-state index in [9.17, 15) is 24.3 Å². The molecule has 0 radical (unpaired) electrons. The van der Waals surface area contributed by atoms with Crippen molar-refractivity contribution < 1.29 is 52.4 Å². The van der Waals surface area contributed by atoms with Crippen molar-refractivity contribution in [2.75, 3.05) is 27.4 Å². The molecule has 340 valence electrons. The Bertz CT molecular complexity index is 1580. The summed E-state index contributed by atoms with van der Waals surface area (Å²) < 4.78 is 46.6. The Balaban J connectivity index is 1.73. The summed E-state index contributed by atoms with van der Waals surface area (Å²) in [4.78, 5) is 58.0. The van der Waals surface area contributed by atoms with Crippen LogP contribution in [0.3, 0.4) is 0 Å². The van der Waals surface area contributed by atoms with Crippen molar-refractivity contribution in [2.45, 2.75) is 181 Å². The Labute approximate surface area is 358 Å². The SMILES string of the molecule is CCC1/C=C(\C)C(F)C(C)CC(OC)C2OC(O)(C(=O)C(=O)N3CCCCC3C(=O)OC(C(C)=CC3CCC(N)C(OCC=C(C)C)C3)C(C)CCC1=O)C(C)CC2OC. The van der Waals surface area contributed by atoms with Crippen LogP contribution in [0, 0.1) is 29.6 Å². The number of Topliss-reactive ketones (excluding diaryl/α,β-unsaturated/α-hetero) is 2. The maximum Gasteiger partial charge on any atom is 0.329 e. The molecule has 1 aliphatic carbocycles. The lowest BCUT2D eigenvalue weighted by molar-refractivity contribution is -0.302. The number of carbonyl (C=O) groups excluding carboxylic acids is 4. The first-order valence-corrected chi connectivity index (χ1v) is 22.4. The van der Waals surface area contributed by atoms with Gasteiger partial charge in [-0.1, -0.05) is 51.5 Å². The zero-order chi connectivity index (χ0) is 44.5. The van der Waals surface area contributed by atoms with Gasteiger partial charge in [0.2, 0.25) is 5.79 Å². The van der Waals surface area contributed by atoms with Gasteiger partial charge in [-0.3, -0.25) is 14.4 Å². The van der Waals surface area contributed by atoms with Gasteiger partial charge in [0, 0.05) is 45.1 Å². The fourth-order valence-corrected chi connectivity index (χ4v) is 9.61. The van der Waals surface area contributed by atoms with Crippen LogP contribution in [0.5, 0.6) is 0 Å². The summed E-state index contributed by atoms with van der Waals surface area (Å²) in [6.45, 7) is 15.4. The van der Waals surface area contributed by atoms with Gasteiger partial charge in [0.05, 0.1) is 24.9 Å². The first-order valence-electron chi connectivity index (χ1n) is 22.4. The maximum absolute atomic E-state index is 16.2. The van der Waals surface area contributed by atoms with E-state index in [1.807, 2.05) is 40.7 Å². The lowest BCUT2D eigenvalue weighted by atomic mass is 9.81. The zero-order valence-corrected chi connectivity index (χ0v) is 38.0.